The molecule has 0 aliphatic carbocycles. The van der Waals surface area contributed by atoms with Gasteiger partial charge in [-0.2, -0.15) is 0 Å². The van der Waals surface area contributed by atoms with Gasteiger partial charge in [-0.05, 0) is 13.0 Å². The van der Waals surface area contributed by atoms with Crippen molar-refractivity contribution in [2.45, 2.75) is 6.92 Å². The van der Waals surface area contributed by atoms with Crippen LogP contribution in [0.25, 0.3) is 10.1 Å². The molecule has 0 radical (unpaired) electrons. The molecule has 5 heteroatoms. The van der Waals surface area contributed by atoms with Gasteiger partial charge >= 0.3 is 0 Å². The van der Waals surface area contributed by atoms with Gasteiger partial charge in [0, 0.05) is 10.3 Å². The highest BCUT2D eigenvalue weighted by molar-refractivity contribution is 7.20. The molecule has 0 atom stereocenters. The SMILES string of the molecule is COc1cc2c(O)c(C)sc2c(Cl)c1Cl. The Balaban J connectivity index is 2.90. The normalized spacial score (nSPS) is 10.9. The second-order valence-electron chi connectivity index (χ2n) is 3.09. The molecule has 1 aromatic carbocycles. The molecule has 15 heavy (non-hydrogen) atoms. The van der Waals surface area contributed by atoms with Crippen LogP contribution in [0.4, 0.5) is 0 Å². The van der Waals surface area contributed by atoms with Gasteiger partial charge in [-0.1, -0.05) is 23.2 Å². The standard InChI is InChI=1S/C10H8Cl2O2S/c1-4-9(13)5-3-6(14-2)7(11)8(12)10(5)15-4/h3,13H,1-2H3. The third-order valence-corrected chi connectivity index (χ3v) is 4.28. The van der Waals surface area contributed by atoms with E-state index in [-0.39, 0.29) is 5.75 Å². The van der Waals surface area contributed by atoms with Crippen LogP contribution in [0, 0.1) is 6.92 Å². The van der Waals surface area contributed by atoms with Crippen LogP contribution in [-0.4, -0.2) is 12.2 Å². The number of ether oxygens (including phenoxy) is 1. The molecular formula is C10H8Cl2O2S. The quantitative estimate of drug-likeness (QED) is 0.834. The van der Waals surface area contributed by atoms with E-state index in [1.807, 2.05) is 6.92 Å². The van der Waals surface area contributed by atoms with Gasteiger partial charge in [-0.15, -0.1) is 11.3 Å². The van der Waals surface area contributed by atoms with Crippen molar-refractivity contribution in [3.63, 3.8) is 0 Å². The van der Waals surface area contributed by atoms with Gasteiger partial charge in [0.15, 0.2) is 0 Å². The smallest absolute Gasteiger partial charge is 0.139 e. The summed E-state index contributed by atoms with van der Waals surface area (Å²) in [5, 5.41) is 11.3. The molecule has 0 saturated heterocycles. The van der Waals surface area contributed by atoms with Gasteiger partial charge in [-0.3, -0.25) is 0 Å². The fourth-order valence-electron chi connectivity index (χ4n) is 1.40. The number of aryl methyl sites for hydroxylation is 1. The van der Waals surface area contributed by atoms with E-state index in [4.69, 9.17) is 27.9 Å². The fraction of sp³-hybridized carbons (Fsp3) is 0.200. The molecule has 1 aromatic heterocycles. The molecule has 0 aliphatic rings. The Morgan fingerprint density at radius 3 is 2.60 bits per heavy atom. The van der Waals surface area contributed by atoms with E-state index in [1.54, 1.807) is 6.07 Å². The predicted octanol–water partition coefficient (Wildman–Crippen LogP) is 4.23. The highest BCUT2D eigenvalue weighted by Crippen LogP contribution is 2.46. The fourth-order valence-corrected chi connectivity index (χ4v) is 2.96. The molecule has 1 heterocycles. The van der Waals surface area contributed by atoms with Crippen molar-refractivity contribution in [2.75, 3.05) is 7.11 Å². The van der Waals surface area contributed by atoms with E-state index in [0.29, 0.717) is 21.2 Å². The van der Waals surface area contributed by atoms with Gasteiger partial charge in [0.1, 0.15) is 16.5 Å². The van der Waals surface area contributed by atoms with Crippen molar-refractivity contribution in [2.24, 2.45) is 0 Å². The van der Waals surface area contributed by atoms with Gasteiger partial charge in [-0.25, -0.2) is 0 Å². The number of thiophene rings is 1. The van der Waals surface area contributed by atoms with Crippen LogP contribution < -0.4 is 4.74 Å². The second kappa shape index (κ2) is 3.74. The average molecular weight is 263 g/mol. The maximum atomic E-state index is 9.79. The van der Waals surface area contributed by atoms with Gasteiger partial charge < -0.3 is 9.84 Å². The highest BCUT2D eigenvalue weighted by atomic mass is 35.5. The highest BCUT2D eigenvalue weighted by Gasteiger charge is 2.16. The molecule has 2 rings (SSSR count). The minimum absolute atomic E-state index is 0.242. The molecule has 80 valence electrons. The Kier molecular flexibility index (Phi) is 2.71. The Morgan fingerprint density at radius 1 is 1.33 bits per heavy atom. The molecule has 2 nitrogen and oxygen atoms in total. The summed E-state index contributed by atoms with van der Waals surface area (Å²) < 4.78 is 5.86. The topological polar surface area (TPSA) is 29.5 Å². The summed E-state index contributed by atoms with van der Waals surface area (Å²) in [6.45, 7) is 1.83. The monoisotopic (exact) mass is 262 g/mol. The molecule has 0 saturated carbocycles. The summed E-state index contributed by atoms with van der Waals surface area (Å²) in [5.74, 6) is 0.717. The van der Waals surface area contributed by atoms with Crippen LogP contribution in [0.1, 0.15) is 4.88 Å². The summed E-state index contributed by atoms with van der Waals surface area (Å²) in [6.07, 6.45) is 0. The van der Waals surface area contributed by atoms with E-state index in [2.05, 4.69) is 0 Å². The van der Waals surface area contributed by atoms with E-state index >= 15 is 0 Å². The first-order valence-electron chi connectivity index (χ1n) is 4.20. The van der Waals surface area contributed by atoms with Crippen LogP contribution in [0.2, 0.25) is 10.0 Å². The van der Waals surface area contributed by atoms with Crippen LogP contribution in [-0.2, 0) is 0 Å². The summed E-state index contributed by atoms with van der Waals surface area (Å²) >= 11 is 13.5. The maximum Gasteiger partial charge on any atom is 0.139 e. The molecule has 0 bridgehead atoms. The van der Waals surface area contributed by atoms with Crippen molar-refractivity contribution in [3.05, 3.63) is 21.0 Å². The molecule has 2 aromatic rings. The summed E-state index contributed by atoms with van der Waals surface area (Å²) in [6, 6.07) is 1.70. The van der Waals surface area contributed by atoms with Crippen LogP contribution in [0.5, 0.6) is 11.5 Å². The Morgan fingerprint density at radius 2 is 2.00 bits per heavy atom. The summed E-state index contributed by atoms with van der Waals surface area (Å²) in [4.78, 5) is 0.816. The third kappa shape index (κ3) is 1.55. The zero-order valence-electron chi connectivity index (χ0n) is 8.10. The first-order chi connectivity index (χ1) is 7.06. The lowest BCUT2D eigenvalue weighted by molar-refractivity contribution is 0.415. The zero-order valence-corrected chi connectivity index (χ0v) is 10.4. The molecule has 0 amide bonds. The van der Waals surface area contributed by atoms with E-state index < -0.39 is 0 Å². The van der Waals surface area contributed by atoms with Gasteiger partial charge in [0.2, 0.25) is 0 Å². The first-order valence-corrected chi connectivity index (χ1v) is 5.77. The van der Waals surface area contributed by atoms with Crippen molar-refractivity contribution in [1.82, 2.24) is 0 Å². The van der Waals surface area contributed by atoms with Gasteiger partial charge in [0.25, 0.3) is 0 Å². The van der Waals surface area contributed by atoms with Crippen LogP contribution in [0.15, 0.2) is 6.07 Å². The minimum Gasteiger partial charge on any atom is -0.506 e. The molecule has 0 spiro atoms. The van der Waals surface area contributed by atoms with Crippen LogP contribution in [0.3, 0.4) is 0 Å². The average Bonchev–Trinajstić information content (AvgIpc) is 2.50. The molecule has 0 aliphatic heterocycles. The maximum absolute atomic E-state index is 9.79. The molecule has 0 unspecified atom stereocenters. The number of benzene rings is 1. The molecule has 1 N–H and O–H groups in total. The van der Waals surface area contributed by atoms with Crippen LogP contribution >= 0.6 is 34.5 Å². The zero-order chi connectivity index (χ0) is 11.2. The largest absolute Gasteiger partial charge is 0.506 e. The Hall–Kier alpha value is -0.640. The predicted molar refractivity (Wildman–Crippen MR) is 64.8 cm³/mol. The number of hydrogen-bond acceptors (Lipinski definition) is 3. The third-order valence-electron chi connectivity index (χ3n) is 2.19. The number of fused-ring (bicyclic) bond motifs is 1. The van der Waals surface area contributed by atoms with Crippen molar-refractivity contribution < 1.29 is 9.84 Å². The number of halogens is 2. The molecular weight excluding hydrogens is 255 g/mol. The summed E-state index contributed by atoms with van der Waals surface area (Å²) in [5.41, 5.74) is 0. The number of hydrogen-bond donors (Lipinski definition) is 1. The van der Waals surface area contributed by atoms with Crippen molar-refractivity contribution in [3.8, 4) is 11.5 Å². The van der Waals surface area contributed by atoms with E-state index in [0.717, 1.165) is 9.58 Å². The number of methoxy groups -OCH3 is 1. The van der Waals surface area contributed by atoms with Crippen molar-refractivity contribution in [1.29, 1.82) is 0 Å². The van der Waals surface area contributed by atoms with E-state index in [9.17, 15) is 5.11 Å². The Bertz CT molecular complexity index is 534. The Labute approximate surface area is 101 Å². The minimum atomic E-state index is 0.242. The number of rotatable bonds is 1. The second-order valence-corrected chi connectivity index (χ2v) is 5.07. The lowest BCUT2D eigenvalue weighted by atomic mass is 10.2. The summed E-state index contributed by atoms with van der Waals surface area (Å²) in [7, 11) is 1.51. The lowest BCUT2D eigenvalue weighted by Gasteiger charge is -2.05. The molecule has 0 fully saturated rings. The van der Waals surface area contributed by atoms with E-state index in [1.165, 1.54) is 18.4 Å². The number of aromatic hydroxyl groups is 1. The lowest BCUT2D eigenvalue weighted by Crippen LogP contribution is -1.84. The van der Waals surface area contributed by atoms with Crippen molar-refractivity contribution >= 4 is 44.6 Å². The first kappa shape index (κ1) is 10.9. The van der Waals surface area contributed by atoms with Gasteiger partial charge in [0.05, 0.1) is 16.8 Å².